The number of aromatic hydroxyl groups is 1. The van der Waals surface area contributed by atoms with Gasteiger partial charge in [0, 0.05) is 30.0 Å². The molecule has 4 nitrogen and oxygen atoms in total. The van der Waals surface area contributed by atoms with Crippen molar-refractivity contribution in [1.82, 2.24) is 0 Å². The van der Waals surface area contributed by atoms with Crippen LogP contribution in [0, 0.1) is 12.8 Å². The van der Waals surface area contributed by atoms with Gasteiger partial charge >= 0.3 is 0 Å². The van der Waals surface area contributed by atoms with Crippen molar-refractivity contribution in [3.8, 4) is 5.75 Å². The van der Waals surface area contributed by atoms with Crippen molar-refractivity contribution in [2.24, 2.45) is 5.92 Å². The molecule has 0 aromatic heterocycles. The molecule has 4 heteroatoms. The number of phenols is 1. The van der Waals surface area contributed by atoms with Crippen LogP contribution in [0.4, 0.5) is 17.1 Å². The van der Waals surface area contributed by atoms with E-state index in [1.54, 1.807) is 0 Å². The number of para-hydroxylation sites is 1. The summed E-state index contributed by atoms with van der Waals surface area (Å²) in [4.78, 5) is 15.7. The molecule has 0 saturated carbocycles. The average molecular weight is 515 g/mol. The van der Waals surface area contributed by atoms with Gasteiger partial charge in [0.15, 0.2) is 0 Å². The van der Waals surface area contributed by atoms with Gasteiger partial charge in [-0.3, -0.25) is 4.79 Å². The third kappa shape index (κ3) is 8.65. The van der Waals surface area contributed by atoms with Crippen molar-refractivity contribution in [2.45, 2.75) is 85.5 Å². The van der Waals surface area contributed by atoms with Gasteiger partial charge in [0.05, 0.1) is 0 Å². The molecule has 38 heavy (non-hydrogen) atoms. The lowest BCUT2D eigenvalue weighted by Crippen LogP contribution is -2.35. The Labute approximate surface area is 230 Å². The van der Waals surface area contributed by atoms with Crippen molar-refractivity contribution in [3.05, 3.63) is 83.4 Å². The van der Waals surface area contributed by atoms with Crippen molar-refractivity contribution in [1.29, 1.82) is 0 Å². The smallest absolute Gasteiger partial charge is 0.227 e. The molecule has 0 saturated heterocycles. The topological polar surface area (TPSA) is 52.6 Å². The maximum absolute atomic E-state index is 13.7. The van der Waals surface area contributed by atoms with E-state index in [1.165, 1.54) is 12.8 Å². The summed E-state index contributed by atoms with van der Waals surface area (Å²) in [5.41, 5.74) is 6.02. The van der Waals surface area contributed by atoms with Gasteiger partial charge in [-0.2, -0.15) is 0 Å². The third-order valence-electron chi connectivity index (χ3n) is 7.39. The minimum Gasteiger partial charge on any atom is -0.507 e. The molecule has 1 atom stereocenters. The summed E-state index contributed by atoms with van der Waals surface area (Å²) < 4.78 is 0. The van der Waals surface area contributed by atoms with Crippen LogP contribution in [0.2, 0.25) is 0 Å². The number of hydrogen-bond donors (Lipinski definition) is 2. The Balaban J connectivity index is 1.77. The van der Waals surface area contributed by atoms with E-state index in [-0.39, 0.29) is 5.91 Å². The highest BCUT2D eigenvalue weighted by Gasteiger charge is 2.20. The van der Waals surface area contributed by atoms with E-state index in [9.17, 15) is 9.90 Å². The van der Waals surface area contributed by atoms with Crippen molar-refractivity contribution >= 4 is 23.0 Å². The lowest BCUT2D eigenvalue weighted by molar-refractivity contribution is -0.118. The Kier molecular flexibility index (Phi) is 11.7. The van der Waals surface area contributed by atoms with E-state index >= 15 is 0 Å². The molecule has 204 valence electrons. The summed E-state index contributed by atoms with van der Waals surface area (Å²) in [6, 6.07) is 22.5. The number of aryl methyl sites for hydroxylation is 3. The fourth-order valence-corrected chi connectivity index (χ4v) is 4.96. The highest BCUT2D eigenvalue weighted by atomic mass is 16.3. The molecule has 0 spiro atoms. The van der Waals surface area contributed by atoms with Crippen LogP contribution in [0.5, 0.6) is 5.75 Å². The molecule has 0 aliphatic carbocycles. The average Bonchev–Trinajstić information content (AvgIpc) is 2.94. The van der Waals surface area contributed by atoms with E-state index in [4.69, 9.17) is 0 Å². The molecule has 0 radical (unpaired) electrons. The number of benzene rings is 3. The number of phenolic OH excluding ortho intramolecular Hbond substituents is 1. The molecule has 3 rings (SSSR count). The number of unbranched alkanes of at least 4 members (excludes halogenated alkanes) is 2. The van der Waals surface area contributed by atoms with E-state index in [0.717, 1.165) is 72.4 Å². The van der Waals surface area contributed by atoms with E-state index in [1.807, 2.05) is 48.2 Å². The quantitative estimate of drug-likeness (QED) is 0.213. The predicted molar refractivity (Wildman–Crippen MR) is 162 cm³/mol. The number of carbonyl (C=O) groups excluding carboxylic acids is 1. The zero-order valence-electron chi connectivity index (χ0n) is 23.8. The Morgan fingerprint density at radius 3 is 2.24 bits per heavy atom. The molecule has 0 fully saturated rings. The van der Waals surface area contributed by atoms with Crippen LogP contribution in [0.25, 0.3) is 0 Å². The largest absolute Gasteiger partial charge is 0.507 e. The fourth-order valence-electron chi connectivity index (χ4n) is 4.96. The maximum Gasteiger partial charge on any atom is 0.227 e. The van der Waals surface area contributed by atoms with Crippen LogP contribution in [-0.2, 0) is 17.6 Å². The van der Waals surface area contributed by atoms with Crippen LogP contribution >= 0.6 is 0 Å². The maximum atomic E-state index is 13.7. The molecular formula is C34H46N2O2. The lowest BCUT2D eigenvalue weighted by atomic mass is 9.97. The van der Waals surface area contributed by atoms with E-state index in [0.29, 0.717) is 24.5 Å². The van der Waals surface area contributed by atoms with Crippen LogP contribution in [0.15, 0.2) is 66.7 Å². The first-order valence-electron chi connectivity index (χ1n) is 14.5. The highest BCUT2D eigenvalue weighted by molar-refractivity contribution is 5.93. The number of hydrogen-bond acceptors (Lipinski definition) is 3. The minimum atomic E-state index is 0.157. The Bertz CT molecular complexity index is 1130. The van der Waals surface area contributed by atoms with E-state index < -0.39 is 0 Å². The molecule has 0 aliphatic rings. The van der Waals surface area contributed by atoms with Crippen molar-refractivity contribution < 1.29 is 9.90 Å². The van der Waals surface area contributed by atoms with Crippen molar-refractivity contribution in [3.63, 3.8) is 0 Å². The Morgan fingerprint density at radius 1 is 0.895 bits per heavy atom. The molecule has 3 aromatic rings. The van der Waals surface area contributed by atoms with Crippen LogP contribution in [0.1, 0.15) is 82.4 Å². The van der Waals surface area contributed by atoms with Crippen molar-refractivity contribution in [2.75, 3.05) is 16.8 Å². The summed E-state index contributed by atoms with van der Waals surface area (Å²) in [6.07, 6.45) is 8.70. The van der Waals surface area contributed by atoms with E-state index in [2.05, 4.69) is 56.4 Å². The van der Waals surface area contributed by atoms with Gasteiger partial charge < -0.3 is 15.3 Å². The third-order valence-corrected chi connectivity index (χ3v) is 7.39. The molecule has 1 unspecified atom stereocenters. The molecule has 3 aromatic carbocycles. The molecule has 1 amide bonds. The SMILES string of the molecule is CCCCc1cc(CCC(=O)N(CC(CC)CCCC)c2ccc(Nc3ccccc3)cc2)cc(C)c1O. The fraction of sp³-hybridized carbons (Fsp3) is 0.441. The van der Waals surface area contributed by atoms with Gasteiger partial charge in [-0.15, -0.1) is 0 Å². The molecule has 0 heterocycles. The number of nitrogens with one attached hydrogen (secondary N) is 1. The molecule has 2 N–H and O–H groups in total. The molecular weight excluding hydrogens is 468 g/mol. The Morgan fingerprint density at radius 2 is 1.58 bits per heavy atom. The second-order valence-corrected chi connectivity index (χ2v) is 10.5. The minimum absolute atomic E-state index is 0.157. The number of nitrogens with zero attached hydrogens (tertiary/aromatic N) is 1. The van der Waals surface area contributed by atoms with Crippen LogP contribution < -0.4 is 10.2 Å². The second kappa shape index (κ2) is 15.2. The zero-order chi connectivity index (χ0) is 27.3. The first kappa shape index (κ1) is 29.3. The normalized spacial score (nSPS) is 11.8. The highest BCUT2D eigenvalue weighted by Crippen LogP contribution is 2.28. The number of rotatable bonds is 15. The van der Waals surface area contributed by atoms with Crippen LogP contribution in [-0.4, -0.2) is 17.6 Å². The standard InChI is InChI=1S/C34H46N2O2/c1-5-8-13-27(7-3)25-36(32-20-18-31(19-21-32)35-30-15-11-10-12-16-30)33(37)22-17-28-23-26(4)34(38)29(24-28)14-9-6-2/h10-12,15-16,18-21,23-24,27,35,38H,5-9,13-14,17,22,25H2,1-4H3. The van der Waals surface area contributed by atoms with Gasteiger partial charge in [0.1, 0.15) is 5.75 Å². The first-order chi connectivity index (χ1) is 18.4. The number of carbonyl (C=O) groups is 1. The summed E-state index contributed by atoms with van der Waals surface area (Å²) in [5.74, 6) is 1.04. The number of amides is 1. The van der Waals surface area contributed by atoms with Crippen LogP contribution in [0.3, 0.4) is 0 Å². The van der Waals surface area contributed by atoms with Gasteiger partial charge in [-0.05, 0) is 91.6 Å². The van der Waals surface area contributed by atoms with Gasteiger partial charge in [0.2, 0.25) is 5.91 Å². The number of anilines is 3. The lowest BCUT2D eigenvalue weighted by Gasteiger charge is -2.28. The monoisotopic (exact) mass is 514 g/mol. The first-order valence-corrected chi connectivity index (χ1v) is 14.5. The summed E-state index contributed by atoms with van der Waals surface area (Å²) >= 11 is 0. The summed E-state index contributed by atoms with van der Waals surface area (Å²) in [7, 11) is 0. The van der Waals surface area contributed by atoms with Gasteiger partial charge in [-0.1, -0.05) is 76.8 Å². The van der Waals surface area contributed by atoms with Gasteiger partial charge in [-0.25, -0.2) is 0 Å². The molecule has 0 aliphatic heterocycles. The predicted octanol–water partition coefficient (Wildman–Crippen LogP) is 8.97. The second-order valence-electron chi connectivity index (χ2n) is 10.5. The zero-order valence-corrected chi connectivity index (χ0v) is 23.8. The summed E-state index contributed by atoms with van der Waals surface area (Å²) in [5, 5.41) is 13.9. The molecule has 0 bridgehead atoms. The summed E-state index contributed by atoms with van der Waals surface area (Å²) in [6.45, 7) is 9.31. The Hall–Kier alpha value is -3.27. The van der Waals surface area contributed by atoms with Gasteiger partial charge in [0.25, 0.3) is 0 Å².